The summed E-state index contributed by atoms with van der Waals surface area (Å²) >= 11 is 0. The third-order valence-corrected chi connectivity index (χ3v) is 2.54. The van der Waals surface area contributed by atoms with Gasteiger partial charge in [-0.25, -0.2) is 0 Å². The minimum Gasteiger partial charge on any atom is -0.496 e. The Balaban J connectivity index is 2.77. The van der Waals surface area contributed by atoms with E-state index >= 15 is 0 Å². The van der Waals surface area contributed by atoms with E-state index in [1.807, 2.05) is 12.1 Å². The second kappa shape index (κ2) is 6.40. The Morgan fingerprint density at radius 1 is 1.47 bits per heavy atom. The number of ether oxygens (including phenoxy) is 1. The molecule has 0 bridgehead atoms. The van der Waals surface area contributed by atoms with Gasteiger partial charge in [0, 0.05) is 13.1 Å². The van der Waals surface area contributed by atoms with E-state index in [0.717, 1.165) is 5.56 Å². The van der Waals surface area contributed by atoms with Gasteiger partial charge in [0.25, 0.3) is 0 Å². The molecule has 0 heterocycles. The van der Waals surface area contributed by atoms with Crippen LogP contribution in [0.1, 0.15) is 25.0 Å². The minimum absolute atomic E-state index is 0.00727. The Morgan fingerprint density at radius 3 is 2.68 bits per heavy atom. The fourth-order valence-corrected chi connectivity index (χ4v) is 1.62. The van der Waals surface area contributed by atoms with Crippen molar-refractivity contribution < 1.29 is 15.1 Å². The second-order valence-corrected chi connectivity index (χ2v) is 4.94. The van der Waals surface area contributed by atoms with Crippen molar-refractivity contribution in [3.8, 4) is 5.75 Å². The number of methoxy groups -OCH3 is 1. The van der Waals surface area contributed by atoms with Crippen LogP contribution in [0.5, 0.6) is 5.75 Å². The van der Waals surface area contributed by atoms with Gasteiger partial charge in [-0.3, -0.25) is 0 Å². The lowest BCUT2D eigenvalue weighted by atomic mass is 10.1. The van der Waals surface area contributed by atoms with E-state index in [1.165, 1.54) is 7.11 Å². The molecule has 106 valence electrons. The highest BCUT2D eigenvalue weighted by molar-refractivity contribution is 5.99. The molecule has 0 spiro atoms. The summed E-state index contributed by atoms with van der Waals surface area (Å²) in [4.78, 5) is 0. The van der Waals surface area contributed by atoms with Crippen LogP contribution in [0.25, 0.3) is 0 Å². The molecule has 0 radical (unpaired) electrons. The molecule has 0 atom stereocenters. The molecule has 0 saturated heterocycles. The summed E-state index contributed by atoms with van der Waals surface area (Å²) in [6.45, 7) is 4.55. The van der Waals surface area contributed by atoms with E-state index in [9.17, 15) is 5.11 Å². The van der Waals surface area contributed by atoms with Crippen LogP contribution < -0.4 is 15.8 Å². The first-order valence-electron chi connectivity index (χ1n) is 5.95. The highest BCUT2D eigenvalue weighted by Gasteiger charge is 2.12. The van der Waals surface area contributed by atoms with Gasteiger partial charge < -0.3 is 26.1 Å². The van der Waals surface area contributed by atoms with Gasteiger partial charge in [0.2, 0.25) is 0 Å². The van der Waals surface area contributed by atoms with E-state index in [2.05, 4.69) is 10.5 Å². The molecule has 1 rings (SSSR count). The van der Waals surface area contributed by atoms with Crippen molar-refractivity contribution in [3.05, 3.63) is 29.3 Å². The number of nitrogens with two attached hydrogens (primary N) is 1. The number of hydrogen-bond donors (Lipinski definition) is 4. The molecule has 0 aliphatic rings. The number of rotatable bonds is 6. The van der Waals surface area contributed by atoms with Gasteiger partial charge in [0.1, 0.15) is 5.75 Å². The van der Waals surface area contributed by atoms with E-state index < -0.39 is 5.60 Å². The molecule has 0 aliphatic heterocycles. The van der Waals surface area contributed by atoms with Crippen molar-refractivity contribution in [3.63, 3.8) is 0 Å². The maximum absolute atomic E-state index is 9.60. The summed E-state index contributed by atoms with van der Waals surface area (Å²) in [5, 5.41) is 24.4. The zero-order valence-corrected chi connectivity index (χ0v) is 11.5. The largest absolute Gasteiger partial charge is 0.496 e. The normalized spacial score (nSPS) is 12.5. The second-order valence-electron chi connectivity index (χ2n) is 4.94. The number of aliphatic hydroxyl groups is 1. The smallest absolute Gasteiger partial charge is 0.173 e. The Hall–Kier alpha value is -1.79. The first-order chi connectivity index (χ1) is 8.87. The molecule has 6 heteroatoms. The maximum atomic E-state index is 9.60. The quantitative estimate of drug-likeness (QED) is 0.262. The lowest BCUT2D eigenvalue weighted by Gasteiger charge is -2.18. The zero-order valence-electron chi connectivity index (χ0n) is 11.5. The molecule has 0 saturated carbocycles. The highest BCUT2D eigenvalue weighted by atomic mass is 16.5. The van der Waals surface area contributed by atoms with Crippen LogP contribution >= 0.6 is 0 Å². The van der Waals surface area contributed by atoms with Crippen molar-refractivity contribution in [1.82, 2.24) is 5.32 Å². The summed E-state index contributed by atoms with van der Waals surface area (Å²) in [5.74, 6) is 0.547. The number of hydrogen-bond acceptors (Lipinski definition) is 5. The van der Waals surface area contributed by atoms with E-state index in [-0.39, 0.29) is 5.84 Å². The van der Waals surface area contributed by atoms with E-state index in [4.69, 9.17) is 15.7 Å². The van der Waals surface area contributed by atoms with Crippen LogP contribution in [0.4, 0.5) is 0 Å². The number of amidine groups is 1. The summed E-state index contributed by atoms with van der Waals surface area (Å²) in [5.41, 5.74) is 6.32. The minimum atomic E-state index is -0.752. The molecular formula is C13H21N3O3. The Bertz CT molecular complexity index is 453. The van der Waals surface area contributed by atoms with E-state index in [0.29, 0.717) is 24.4 Å². The zero-order chi connectivity index (χ0) is 14.5. The molecule has 1 aromatic rings. The van der Waals surface area contributed by atoms with Crippen LogP contribution in [-0.4, -0.2) is 35.4 Å². The lowest BCUT2D eigenvalue weighted by Crippen LogP contribution is -2.34. The molecule has 19 heavy (non-hydrogen) atoms. The topological polar surface area (TPSA) is 100 Å². The average molecular weight is 267 g/mol. The standard InChI is InChI=1S/C13H21N3O3/c1-13(2,17)8-15-7-9-4-5-10(12(14)16-18)11(6-9)19-3/h4-6,15,17-18H,7-8H2,1-3H3,(H2,14,16). The van der Waals surface area contributed by atoms with Crippen LogP contribution in [0.2, 0.25) is 0 Å². The van der Waals surface area contributed by atoms with Gasteiger partial charge in [-0.2, -0.15) is 0 Å². The Kier molecular flexibility index (Phi) is 5.14. The first-order valence-corrected chi connectivity index (χ1v) is 5.95. The molecule has 0 fully saturated rings. The van der Waals surface area contributed by atoms with Gasteiger partial charge in [0.15, 0.2) is 5.84 Å². The molecule has 0 amide bonds. The van der Waals surface area contributed by atoms with Crippen molar-refractivity contribution in [2.75, 3.05) is 13.7 Å². The van der Waals surface area contributed by atoms with Crippen LogP contribution in [0, 0.1) is 0 Å². The number of nitrogens with one attached hydrogen (secondary N) is 1. The molecule has 1 aromatic carbocycles. The maximum Gasteiger partial charge on any atom is 0.173 e. The Morgan fingerprint density at radius 2 is 2.16 bits per heavy atom. The SMILES string of the molecule is COc1cc(CNCC(C)(C)O)ccc1/C(N)=N/O. The number of nitrogens with zero attached hydrogens (tertiary/aromatic N) is 1. The van der Waals surface area contributed by atoms with Gasteiger partial charge >= 0.3 is 0 Å². The number of oxime groups is 1. The average Bonchev–Trinajstić information content (AvgIpc) is 2.36. The first kappa shape index (κ1) is 15.3. The summed E-state index contributed by atoms with van der Waals surface area (Å²) in [6, 6.07) is 5.40. The molecule has 6 nitrogen and oxygen atoms in total. The number of benzene rings is 1. The van der Waals surface area contributed by atoms with Crippen molar-refractivity contribution in [2.45, 2.75) is 26.0 Å². The van der Waals surface area contributed by atoms with Gasteiger partial charge in [-0.1, -0.05) is 11.2 Å². The monoisotopic (exact) mass is 267 g/mol. The predicted octanol–water partition coefficient (Wildman–Crippen LogP) is 0.650. The van der Waals surface area contributed by atoms with Gasteiger partial charge in [-0.15, -0.1) is 0 Å². The van der Waals surface area contributed by atoms with Crippen molar-refractivity contribution in [2.24, 2.45) is 10.9 Å². The van der Waals surface area contributed by atoms with Crippen molar-refractivity contribution >= 4 is 5.84 Å². The molecule has 0 unspecified atom stereocenters. The highest BCUT2D eigenvalue weighted by Crippen LogP contribution is 2.20. The molecular weight excluding hydrogens is 246 g/mol. The van der Waals surface area contributed by atoms with Crippen LogP contribution in [0.15, 0.2) is 23.4 Å². The van der Waals surface area contributed by atoms with Gasteiger partial charge in [0.05, 0.1) is 18.3 Å². The summed E-state index contributed by atoms with van der Waals surface area (Å²) in [7, 11) is 1.53. The predicted molar refractivity (Wildman–Crippen MR) is 73.5 cm³/mol. The van der Waals surface area contributed by atoms with E-state index in [1.54, 1.807) is 19.9 Å². The third kappa shape index (κ3) is 4.76. The fraction of sp³-hybridized carbons (Fsp3) is 0.462. The molecule has 0 aliphatic carbocycles. The Labute approximate surface area is 112 Å². The van der Waals surface area contributed by atoms with Crippen LogP contribution in [-0.2, 0) is 6.54 Å². The molecule has 5 N–H and O–H groups in total. The fourth-order valence-electron chi connectivity index (χ4n) is 1.62. The van der Waals surface area contributed by atoms with Crippen LogP contribution in [0.3, 0.4) is 0 Å². The summed E-state index contributed by atoms with van der Waals surface area (Å²) in [6.07, 6.45) is 0. The molecule has 0 aromatic heterocycles. The summed E-state index contributed by atoms with van der Waals surface area (Å²) < 4.78 is 5.21. The lowest BCUT2D eigenvalue weighted by molar-refractivity contribution is 0.0795. The third-order valence-electron chi connectivity index (χ3n) is 2.54. The van der Waals surface area contributed by atoms with Crippen molar-refractivity contribution in [1.29, 1.82) is 0 Å². The van der Waals surface area contributed by atoms with Gasteiger partial charge in [-0.05, 0) is 31.5 Å².